The van der Waals surface area contributed by atoms with E-state index in [2.05, 4.69) is 28.8 Å². The van der Waals surface area contributed by atoms with Crippen molar-refractivity contribution in [3.05, 3.63) is 47.8 Å². The van der Waals surface area contributed by atoms with Crippen molar-refractivity contribution in [2.24, 2.45) is 5.41 Å². The maximum Gasteiger partial charge on any atom is 1.00 e. The Bertz CT molecular complexity index is 1130. The Hall–Kier alpha value is -1.29. The number of hydrogen-bond donors (Lipinski definition) is 0. The molecule has 1 atom stereocenters. The zero-order chi connectivity index (χ0) is 23.1. The van der Waals surface area contributed by atoms with Crippen LogP contribution in [0, 0.1) is 12.3 Å². The SMILES string of the molecule is Cc1c(OC2CCC3(CC2)OCC(C)(C)CO3)ccnc1CS(=O)c1nc2ccccc2[n-]1.[Na+]. The third kappa shape index (κ3) is 5.58. The second kappa shape index (κ2) is 10.4. The monoisotopic (exact) mass is 491 g/mol. The van der Waals surface area contributed by atoms with E-state index in [9.17, 15) is 4.21 Å². The van der Waals surface area contributed by atoms with E-state index in [1.807, 2.05) is 37.3 Å². The molecule has 1 saturated heterocycles. The number of hydrogen-bond acceptors (Lipinski definition) is 6. The van der Waals surface area contributed by atoms with Gasteiger partial charge in [0.15, 0.2) is 5.79 Å². The summed E-state index contributed by atoms with van der Waals surface area (Å²) in [5, 5.41) is 0.344. The summed E-state index contributed by atoms with van der Waals surface area (Å²) in [7, 11) is -1.38. The molecule has 2 aromatic heterocycles. The van der Waals surface area contributed by atoms with Gasteiger partial charge in [0.1, 0.15) is 5.75 Å². The van der Waals surface area contributed by atoms with Crippen molar-refractivity contribution in [3.8, 4) is 5.75 Å². The molecule has 1 spiro atoms. The molecule has 0 amide bonds. The van der Waals surface area contributed by atoms with Crippen molar-refractivity contribution < 1.29 is 48.0 Å². The first-order chi connectivity index (χ1) is 15.8. The number of ether oxygens (including phenoxy) is 3. The second-order valence-corrected chi connectivity index (χ2v) is 11.2. The van der Waals surface area contributed by atoms with E-state index in [1.165, 1.54) is 0 Å². The number of imidazole rings is 1. The van der Waals surface area contributed by atoms with Gasteiger partial charge < -0.3 is 24.2 Å². The fraction of sp³-hybridized carbons (Fsp3) is 0.520. The third-order valence-corrected chi connectivity index (χ3v) is 7.61. The van der Waals surface area contributed by atoms with Gasteiger partial charge >= 0.3 is 29.6 Å². The van der Waals surface area contributed by atoms with Crippen LogP contribution in [0.15, 0.2) is 41.7 Å². The van der Waals surface area contributed by atoms with E-state index in [0.29, 0.717) is 5.16 Å². The maximum absolute atomic E-state index is 12.9. The molecule has 3 heterocycles. The zero-order valence-corrected chi connectivity index (χ0v) is 23.2. The summed E-state index contributed by atoms with van der Waals surface area (Å²) in [5.41, 5.74) is 3.24. The van der Waals surface area contributed by atoms with Gasteiger partial charge in [0, 0.05) is 35.2 Å². The Kier molecular flexibility index (Phi) is 7.86. The zero-order valence-electron chi connectivity index (χ0n) is 20.4. The van der Waals surface area contributed by atoms with Crippen LogP contribution < -0.4 is 39.3 Å². The van der Waals surface area contributed by atoms with Crippen LogP contribution in [-0.4, -0.2) is 39.3 Å². The Morgan fingerprint density at radius 1 is 1.15 bits per heavy atom. The first-order valence-corrected chi connectivity index (χ1v) is 12.8. The third-order valence-electron chi connectivity index (χ3n) is 6.48. The van der Waals surface area contributed by atoms with Crippen molar-refractivity contribution in [2.45, 2.75) is 69.3 Å². The first kappa shape index (κ1) is 25.8. The summed E-state index contributed by atoms with van der Waals surface area (Å²) in [4.78, 5) is 13.3. The Balaban J connectivity index is 0.00000274. The normalized spacial score (nSPS) is 20.7. The molecule has 1 aliphatic carbocycles. The fourth-order valence-electron chi connectivity index (χ4n) is 4.36. The molecule has 3 aromatic rings. The molecule has 34 heavy (non-hydrogen) atoms. The maximum atomic E-state index is 12.9. The number of fused-ring (bicyclic) bond motifs is 1. The average molecular weight is 492 g/mol. The molecule has 1 saturated carbocycles. The van der Waals surface area contributed by atoms with Crippen molar-refractivity contribution in [1.82, 2.24) is 15.0 Å². The summed E-state index contributed by atoms with van der Waals surface area (Å²) >= 11 is 0. The van der Waals surface area contributed by atoms with E-state index in [-0.39, 0.29) is 46.8 Å². The van der Waals surface area contributed by atoms with Crippen molar-refractivity contribution >= 4 is 21.8 Å². The van der Waals surface area contributed by atoms with Gasteiger partial charge in [-0.2, -0.15) is 0 Å². The molecule has 5 rings (SSSR count). The molecular weight excluding hydrogens is 461 g/mol. The fourth-order valence-corrected chi connectivity index (χ4v) is 5.43. The molecule has 1 unspecified atom stereocenters. The number of rotatable bonds is 5. The van der Waals surface area contributed by atoms with E-state index in [0.717, 1.165) is 66.9 Å². The topological polar surface area (TPSA) is 84.6 Å². The van der Waals surface area contributed by atoms with Crippen LogP contribution in [-0.2, 0) is 26.0 Å². The number of benzene rings is 1. The molecule has 176 valence electrons. The number of nitrogens with zero attached hydrogens (tertiary/aromatic N) is 3. The second-order valence-electron chi connectivity index (χ2n) is 9.83. The van der Waals surface area contributed by atoms with Gasteiger partial charge in [-0.1, -0.05) is 38.1 Å². The minimum Gasteiger partial charge on any atom is -0.490 e. The van der Waals surface area contributed by atoms with Crippen molar-refractivity contribution in [3.63, 3.8) is 0 Å². The summed E-state index contributed by atoms with van der Waals surface area (Å²) in [6.07, 6.45) is 5.22. The molecule has 1 aromatic carbocycles. The van der Waals surface area contributed by atoms with Crippen LogP contribution in [0.2, 0.25) is 0 Å². The molecule has 9 heteroatoms. The van der Waals surface area contributed by atoms with Gasteiger partial charge in [-0.3, -0.25) is 9.19 Å². The molecule has 0 bridgehead atoms. The molecular formula is C25H30N3NaO4S. The summed E-state index contributed by atoms with van der Waals surface area (Å²) < 4.78 is 31.6. The van der Waals surface area contributed by atoms with E-state index >= 15 is 0 Å². The van der Waals surface area contributed by atoms with Crippen LogP contribution >= 0.6 is 0 Å². The van der Waals surface area contributed by atoms with Crippen LogP contribution in [0.4, 0.5) is 0 Å². The van der Waals surface area contributed by atoms with E-state index < -0.39 is 16.6 Å². The van der Waals surface area contributed by atoms with Crippen LogP contribution in [0.1, 0.15) is 50.8 Å². The van der Waals surface area contributed by atoms with Crippen molar-refractivity contribution in [1.29, 1.82) is 0 Å². The van der Waals surface area contributed by atoms with E-state index in [4.69, 9.17) is 14.2 Å². The average Bonchev–Trinajstić information content (AvgIpc) is 3.25. The first-order valence-electron chi connectivity index (χ1n) is 11.5. The molecule has 0 N–H and O–H groups in total. The Labute approximate surface area is 225 Å². The molecule has 7 nitrogen and oxygen atoms in total. The standard InChI is InChI=1S/C25H30N3O4S.Na/c1-17-21(14-33(29)23-27-19-6-4-5-7-20(19)28-23)26-13-10-22(17)32-18-8-11-25(12-9-18)30-15-24(2,3)16-31-25;/h4-7,10,13,18H,8-9,11-12,14-16H2,1-3H3;/q-1;+1. The van der Waals surface area contributed by atoms with Gasteiger partial charge in [0.25, 0.3) is 0 Å². The summed E-state index contributed by atoms with van der Waals surface area (Å²) in [6.45, 7) is 7.75. The van der Waals surface area contributed by atoms with Gasteiger partial charge in [-0.15, -0.1) is 0 Å². The van der Waals surface area contributed by atoms with Gasteiger partial charge in [0.05, 0.1) is 41.6 Å². The Morgan fingerprint density at radius 2 is 1.85 bits per heavy atom. The number of pyridine rings is 1. The molecule has 2 aliphatic rings. The van der Waals surface area contributed by atoms with Gasteiger partial charge in [-0.25, -0.2) is 0 Å². The summed E-state index contributed by atoms with van der Waals surface area (Å²) in [6, 6.07) is 9.43. The number of para-hydroxylation sites is 2. The van der Waals surface area contributed by atoms with Crippen molar-refractivity contribution in [2.75, 3.05) is 13.2 Å². The smallest absolute Gasteiger partial charge is 0.490 e. The summed E-state index contributed by atoms with van der Waals surface area (Å²) in [5.74, 6) is 0.594. The predicted octanol–water partition coefficient (Wildman–Crippen LogP) is 1.30. The van der Waals surface area contributed by atoms with Crippen LogP contribution in [0.3, 0.4) is 0 Å². The largest absolute Gasteiger partial charge is 1.00 e. The minimum atomic E-state index is -1.38. The minimum absolute atomic E-state index is 0. The van der Waals surface area contributed by atoms with Crippen LogP contribution in [0.25, 0.3) is 11.0 Å². The quantitative estimate of drug-likeness (QED) is 0.498. The van der Waals surface area contributed by atoms with E-state index in [1.54, 1.807) is 6.20 Å². The number of aromatic nitrogens is 3. The molecule has 0 radical (unpaired) electrons. The van der Waals surface area contributed by atoms with Gasteiger partial charge in [-0.05, 0) is 36.9 Å². The van der Waals surface area contributed by atoms with Gasteiger partial charge in [0.2, 0.25) is 0 Å². The predicted molar refractivity (Wildman–Crippen MR) is 125 cm³/mol. The molecule has 1 aliphatic heterocycles. The van der Waals surface area contributed by atoms with Crippen LogP contribution in [0.5, 0.6) is 5.75 Å². The molecule has 2 fully saturated rings. The Morgan fingerprint density at radius 3 is 2.56 bits per heavy atom.